The average Bonchev–Trinajstić information content (AvgIpc) is 3.08. The molecule has 2 nitrogen and oxygen atoms in total. The number of nitrogens with zero attached hydrogens (tertiary/aromatic N) is 2. The number of halogens is 1. The third-order valence-corrected chi connectivity index (χ3v) is 4.24. The summed E-state index contributed by atoms with van der Waals surface area (Å²) in [5.41, 5.74) is 0. The molecule has 1 aromatic heterocycles. The Hall–Kier alpha value is -0.120. The zero-order valence-electron chi connectivity index (χ0n) is 8.66. The molecule has 0 saturated heterocycles. The normalized spacial score (nSPS) is 21.2. The van der Waals surface area contributed by atoms with Crippen molar-refractivity contribution in [3.63, 3.8) is 0 Å². The van der Waals surface area contributed by atoms with Gasteiger partial charge >= 0.3 is 0 Å². The molecular weight excluding hydrogens is 228 g/mol. The second-order valence-electron chi connectivity index (χ2n) is 4.68. The Bertz CT molecular complexity index is 344. The molecule has 4 heteroatoms. The summed E-state index contributed by atoms with van der Waals surface area (Å²) in [5.74, 6) is 0.981. The van der Waals surface area contributed by atoms with Crippen molar-refractivity contribution in [2.24, 2.45) is 5.92 Å². The maximum Gasteiger partial charge on any atom is 0.183 e. The van der Waals surface area contributed by atoms with Crippen molar-refractivity contribution < 1.29 is 0 Å². The predicted octanol–water partition coefficient (Wildman–Crippen LogP) is 3.17. The minimum atomic E-state index is 0.673. The van der Waals surface area contributed by atoms with Crippen LogP contribution < -0.4 is 0 Å². The Balaban J connectivity index is 1.61. The molecule has 2 aliphatic carbocycles. The Morgan fingerprint density at radius 3 is 2.73 bits per heavy atom. The van der Waals surface area contributed by atoms with E-state index in [0.717, 1.165) is 18.5 Å². The van der Waals surface area contributed by atoms with Crippen LogP contribution in [0.4, 0.5) is 0 Å². The van der Waals surface area contributed by atoms with Gasteiger partial charge in [0, 0.05) is 30.2 Å². The molecule has 2 fully saturated rings. The van der Waals surface area contributed by atoms with Gasteiger partial charge in [0.05, 0.1) is 0 Å². The lowest BCUT2D eigenvalue weighted by Gasteiger charge is -2.20. The third-order valence-electron chi connectivity index (χ3n) is 3.14. The summed E-state index contributed by atoms with van der Waals surface area (Å²) >= 11 is 7.47. The lowest BCUT2D eigenvalue weighted by Crippen LogP contribution is -2.27. The smallest absolute Gasteiger partial charge is 0.183 e. The van der Waals surface area contributed by atoms with Crippen molar-refractivity contribution >= 4 is 22.9 Å². The SMILES string of the molecule is Clc1ncc(CN(CC2CC2)C2CC2)s1. The topological polar surface area (TPSA) is 16.1 Å². The molecule has 0 spiro atoms. The van der Waals surface area contributed by atoms with E-state index in [1.54, 1.807) is 11.3 Å². The van der Waals surface area contributed by atoms with Gasteiger partial charge in [-0.25, -0.2) is 4.98 Å². The molecule has 0 radical (unpaired) electrons. The number of aromatic nitrogens is 1. The van der Waals surface area contributed by atoms with Crippen LogP contribution in [0.5, 0.6) is 0 Å². The molecule has 82 valence electrons. The summed E-state index contributed by atoms with van der Waals surface area (Å²) in [6, 6.07) is 0.853. The first-order chi connectivity index (χ1) is 7.31. The van der Waals surface area contributed by atoms with E-state index in [9.17, 15) is 0 Å². The summed E-state index contributed by atoms with van der Waals surface area (Å²) in [7, 11) is 0. The minimum absolute atomic E-state index is 0.673. The quantitative estimate of drug-likeness (QED) is 0.789. The van der Waals surface area contributed by atoms with Crippen LogP contribution in [0.15, 0.2) is 6.20 Å². The molecule has 1 aromatic rings. The summed E-state index contributed by atoms with van der Waals surface area (Å²) in [6.45, 7) is 2.35. The fourth-order valence-corrected chi connectivity index (χ4v) is 2.97. The van der Waals surface area contributed by atoms with Gasteiger partial charge in [-0.3, -0.25) is 4.90 Å². The van der Waals surface area contributed by atoms with Crippen LogP contribution in [0.25, 0.3) is 0 Å². The second-order valence-corrected chi connectivity index (χ2v) is 6.38. The maximum absolute atomic E-state index is 5.85. The van der Waals surface area contributed by atoms with Gasteiger partial charge < -0.3 is 0 Å². The Kier molecular flexibility index (Phi) is 2.71. The van der Waals surface area contributed by atoms with E-state index in [1.807, 2.05) is 6.20 Å². The van der Waals surface area contributed by atoms with E-state index in [2.05, 4.69) is 9.88 Å². The molecule has 0 aromatic carbocycles. The highest BCUT2D eigenvalue weighted by Crippen LogP contribution is 2.36. The molecule has 1 heterocycles. The minimum Gasteiger partial charge on any atom is -0.295 e. The van der Waals surface area contributed by atoms with E-state index in [4.69, 9.17) is 11.6 Å². The number of hydrogen-bond acceptors (Lipinski definition) is 3. The second kappa shape index (κ2) is 4.04. The van der Waals surface area contributed by atoms with E-state index < -0.39 is 0 Å². The van der Waals surface area contributed by atoms with Crippen molar-refractivity contribution in [2.45, 2.75) is 38.3 Å². The van der Waals surface area contributed by atoms with Crippen LogP contribution in [-0.2, 0) is 6.54 Å². The molecule has 0 unspecified atom stereocenters. The van der Waals surface area contributed by atoms with E-state index >= 15 is 0 Å². The molecule has 2 saturated carbocycles. The van der Waals surface area contributed by atoms with Gasteiger partial charge in [-0.05, 0) is 31.6 Å². The highest BCUT2D eigenvalue weighted by Gasteiger charge is 2.33. The van der Waals surface area contributed by atoms with Gasteiger partial charge in [0.2, 0.25) is 0 Å². The van der Waals surface area contributed by atoms with Crippen LogP contribution in [0, 0.1) is 5.92 Å². The number of rotatable bonds is 5. The first-order valence-corrected chi connectivity index (χ1v) is 6.85. The molecule has 3 rings (SSSR count). The Labute approximate surface area is 99.3 Å². The zero-order chi connectivity index (χ0) is 10.3. The standard InChI is InChI=1S/C11H15ClN2S/c12-11-13-5-10(15-11)7-14(9-3-4-9)6-8-1-2-8/h5,8-9H,1-4,6-7H2. The lowest BCUT2D eigenvalue weighted by molar-refractivity contribution is 0.246. The van der Waals surface area contributed by atoms with Gasteiger partial charge in [-0.1, -0.05) is 11.6 Å². The van der Waals surface area contributed by atoms with Crippen LogP contribution in [-0.4, -0.2) is 22.5 Å². The molecule has 0 bridgehead atoms. The van der Waals surface area contributed by atoms with Crippen molar-refractivity contribution in [3.05, 3.63) is 15.5 Å². The summed E-state index contributed by atoms with van der Waals surface area (Å²) in [4.78, 5) is 8.04. The lowest BCUT2D eigenvalue weighted by atomic mass is 10.3. The first-order valence-electron chi connectivity index (χ1n) is 5.65. The molecule has 15 heavy (non-hydrogen) atoms. The van der Waals surface area contributed by atoms with E-state index in [1.165, 1.54) is 37.1 Å². The molecule has 0 atom stereocenters. The predicted molar refractivity (Wildman–Crippen MR) is 63.3 cm³/mol. The fraction of sp³-hybridized carbons (Fsp3) is 0.727. The van der Waals surface area contributed by atoms with Gasteiger partial charge in [0.25, 0.3) is 0 Å². The fourth-order valence-electron chi connectivity index (χ4n) is 1.97. The van der Waals surface area contributed by atoms with Crippen molar-refractivity contribution in [2.75, 3.05) is 6.54 Å². The van der Waals surface area contributed by atoms with Gasteiger partial charge in [-0.15, -0.1) is 11.3 Å². The van der Waals surface area contributed by atoms with Crippen LogP contribution in [0.3, 0.4) is 0 Å². The van der Waals surface area contributed by atoms with Crippen LogP contribution in [0.2, 0.25) is 4.47 Å². The molecule has 0 amide bonds. The van der Waals surface area contributed by atoms with E-state index in [-0.39, 0.29) is 0 Å². The maximum atomic E-state index is 5.85. The zero-order valence-corrected chi connectivity index (χ0v) is 10.2. The summed E-state index contributed by atoms with van der Waals surface area (Å²) in [5, 5.41) is 0. The largest absolute Gasteiger partial charge is 0.295 e. The van der Waals surface area contributed by atoms with Crippen molar-refractivity contribution in [3.8, 4) is 0 Å². The molecule has 2 aliphatic rings. The summed E-state index contributed by atoms with van der Waals surface area (Å²) < 4.78 is 0.673. The highest BCUT2D eigenvalue weighted by molar-refractivity contribution is 7.15. The molecule has 0 aliphatic heterocycles. The van der Waals surface area contributed by atoms with Gasteiger partial charge in [0.1, 0.15) is 0 Å². The van der Waals surface area contributed by atoms with Gasteiger partial charge in [0.15, 0.2) is 4.47 Å². The Morgan fingerprint density at radius 1 is 1.40 bits per heavy atom. The number of thiazole rings is 1. The first kappa shape index (κ1) is 10.1. The van der Waals surface area contributed by atoms with Crippen LogP contribution in [0.1, 0.15) is 30.6 Å². The third kappa shape index (κ3) is 2.71. The average molecular weight is 243 g/mol. The van der Waals surface area contributed by atoms with Crippen molar-refractivity contribution in [1.29, 1.82) is 0 Å². The summed E-state index contributed by atoms with van der Waals surface area (Å²) in [6.07, 6.45) is 7.58. The number of hydrogen-bond donors (Lipinski definition) is 0. The van der Waals surface area contributed by atoms with Gasteiger partial charge in [-0.2, -0.15) is 0 Å². The molecule has 0 N–H and O–H groups in total. The van der Waals surface area contributed by atoms with E-state index in [0.29, 0.717) is 4.47 Å². The Morgan fingerprint density at radius 2 is 2.20 bits per heavy atom. The monoisotopic (exact) mass is 242 g/mol. The van der Waals surface area contributed by atoms with Crippen LogP contribution >= 0.6 is 22.9 Å². The molecular formula is C11H15ClN2S. The van der Waals surface area contributed by atoms with Crippen molar-refractivity contribution in [1.82, 2.24) is 9.88 Å². The highest BCUT2D eigenvalue weighted by atomic mass is 35.5.